The monoisotopic (exact) mass is 369 g/mol. The number of fused-ring (bicyclic) bond motifs is 1. The molecule has 2 N–H and O–H groups in total. The number of nitrogens with zero attached hydrogens (tertiary/aromatic N) is 1. The Kier molecular flexibility index (Phi) is 4.68. The first-order valence-electron chi connectivity index (χ1n) is 8.79. The number of rotatable bonds is 4. The molecule has 0 unspecified atom stereocenters. The predicted octanol–water partition coefficient (Wildman–Crippen LogP) is 3.30. The number of anilines is 1. The molecular weight excluding hydrogens is 349 g/mol. The van der Waals surface area contributed by atoms with Gasteiger partial charge < -0.3 is 24.7 Å². The van der Waals surface area contributed by atoms with Crippen molar-refractivity contribution >= 4 is 22.6 Å². The zero-order valence-corrected chi connectivity index (χ0v) is 14.9. The second kappa shape index (κ2) is 7.28. The van der Waals surface area contributed by atoms with Gasteiger partial charge in [0, 0.05) is 55.0 Å². The number of hydrogen-bond donors (Lipinski definition) is 2. The Morgan fingerprint density at radius 1 is 1.11 bits per heavy atom. The van der Waals surface area contributed by atoms with Gasteiger partial charge in [-0.15, -0.1) is 0 Å². The van der Waals surface area contributed by atoms with Crippen molar-refractivity contribution in [3.05, 3.63) is 54.0 Å². The van der Waals surface area contributed by atoms with E-state index in [2.05, 4.69) is 15.2 Å². The highest BCUT2D eigenvalue weighted by Gasteiger charge is 2.19. The summed E-state index contributed by atoms with van der Waals surface area (Å²) < 4.78 is 25.5. The Labute approximate surface area is 155 Å². The minimum absolute atomic E-state index is 0.0599. The summed E-state index contributed by atoms with van der Waals surface area (Å²) in [5.74, 6) is -0.673. The molecule has 27 heavy (non-hydrogen) atoms. The molecule has 0 amide bonds. The maximum absolute atomic E-state index is 14.8. The Morgan fingerprint density at radius 3 is 2.70 bits per heavy atom. The van der Waals surface area contributed by atoms with Crippen molar-refractivity contribution in [1.82, 2.24) is 10.3 Å². The highest BCUT2D eigenvalue weighted by Crippen LogP contribution is 2.34. The van der Waals surface area contributed by atoms with Crippen LogP contribution in [-0.2, 0) is 4.74 Å². The molecular formula is C20H20FN3O3. The van der Waals surface area contributed by atoms with Gasteiger partial charge in [-0.2, -0.15) is 0 Å². The fourth-order valence-electron chi connectivity index (χ4n) is 3.27. The molecule has 2 aromatic carbocycles. The van der Waals surface area contributed by atoms with Gasteiger partial charge in [0.15, 0.2) is 11.6 Å². The molecule has 2 heterocycles. The highest BCUT2D eigenvalue weighted by atomic mass is 19.1. The number of piperazine rings is 1. The molecule has 3 aromatic rings. The molecule has 0 bridgehead atoms. The first-order valence-corrected chi connectivity index (χ1v) is 8.79. The smallest absolute Gasteiger partial charge is 0.341 e. The van der Waals surface area contributed by atoms with Gasteiger partial charge in [0.25, 0.3) is 0 Å². The average molecular weight is 369 g/mol. The number of benzene rings is 2. The zero-order chi connectivity index (χ0) is 18.8. The number of aromatic amines is 1. The summed E-state index contributed by atoms with van der Waals surface area (Å²) in [6.45, 7) is 3.46. The van der Waals surface area contributed by atoms with Crippen molar-refractivity contribution in [3.8, 4) is 11.5 Å². The van der Waals surface area contributed by atoms with Crippen LogP contribution in [0.15, 0.2) is 42.6 Å². The molecule has 1 aliphatic rings. The molecule has 140 valence electrons. The third-order valence-electron chi connectivity index (χ3n) is 4.71. The van der Waals surface area contributed by atoms with Crippen molar-refractivity contribution in [2.75, 3.05) is 38.2 Å². The Balaban J connectivity index is 1.73. The number of aromatic nitrogens is 1. The quantitative estimate of drug-likeness (QED) is 0.691. The van der Waals surface area contributed by atoms with Crippen molar-refractivity contribution < 1.29 is 18.7 Å². The molecule has 0 saturated carbocycles. The molecule has 0 atom stereocenters. The van der Waals surface area contributed by atoms with Gasteiger partial charge in [0.2, 0.25) is 0 Å². The number of hydrogen-bond acceptors (Lipinski definition) is 5. The van der Waals surface area contributed by atoms with Crippen LogP contribution >= 0.6 is 0 Å². The Hall–Kier alpha value is -3.06. The number of halogens is 1. The van der Waals surface area contributed by atoms with Crippen LogP contribution < -0.4 is 15.0 Å². The topological polar surface area (TPSA) is 66.6 Å². The Morgan fingerprint density at radius 2 is 1.93 bits per heavy atom. The van der Waals surface area contributed by atoms with E-state index < -0.39 is 11.8 Å². The molecule has 0 radical (unpaired) electrons. The third kappa shape index (κ3) is 3.33. The van der Waals surface area contributed by atoms with Crippen molar-refractivity contribution in [2.45, 2.75) is 0 Å². The molecule has 6 nitrogen and oxygen atoms in total. The second-order valence-corrected chi connectivity index (χ2v) is 6.33. The zero-order valence-electron chi connectivity index (χ0n) is 14.9. The number of carbonyl (C=O) groups excluding carboxylic acids is 1. The van der Waals surface area contributed by atoms with Crippen molar-refractivity contribution in [3.63, 3.8) is 0 Å². The van der Waals surface area contributed by atoms with Crippen LogP contribution in [0.25, 0.3) is 10.9 Å². The van der Waals surface area contributed by atoms with E-state index in [1.54, 1.807) is 36.5 Å². The van der Waals surface area contributed by atoms with E-state index in [1.807, 2.05) is 6.07 Å². The van der Waals surface area contributed by atoms with E-state index in [1.165, 1.54) is 7.11 Å². The molecule has 4 rings (SSSR count). The lowest BCUT2D eigenvalue weighted by Crippen LogP contribution is -2.43. The van der Waals surface area contributed by atoms with E-state index in [0.29, 0.717) is 10.9 Å². The highest BCUT2D eigenvalue weighted by molar-refractivity contribution is 5.93. The summed E-state index contributed by atoms with van der Waals surface area (Å²) in [6.07, 6.45) is 1.67. The number of H-pyrrole nitrogens is 1. The lowest BCUT2D eigenvalue weighted by atomic mass is 10.1. The third-order valence-corrected chi connectivity index (χ3v) is 4.71. The minimum Gasteiger partial charge on any atom is -0.465 e. The largest absolute Gasteiger partial charge is 0.465 e. The van der Waals surface area contributed by atoms with Gasteiger partial charge in [-0.25, -0.2) is 9.18 Å². The van der Waals surface area contributed by atoms with Gasteiger partial charge in [0.1, 0.15) is 11.3 Å². The van der Waals surface area contributed by atoms with Crippen LogP contribution in [0.5, 0.6) is 11.5 Å². The summed E-state index contributed by atoms with van der Waals surface area (Å²) in [4.78, 5) is 17.3. The van der Waals surface area contributed by atoms with E-state index >= 15 is 0 Å². The van der Waals surface area contributed by atoms with Gasteiger partial charge in [0.05, 0.1) is 7.11 Å². The molecule has 0 aliphatic carbocycles. The number of ether oxygens (including phenoxy) is 2. The Bertz CT molecular complexity index is 980. The van der Waals surface area contributed by atoms with Crippen LogP contribution in [0.1, 0.15) is 10.4 Å². The number of nitrogens with one attached hydrogen (secondary N) is 2. The van der Waals surface area contributed by atoms with Crippen LogP contribution in [-0.4, -0.2) is 44.2 Å². The molecule has 0 spiro atoms. The summed E-state index contributed by atoms with van der Waals surface area (Å²) in [5, 5.41) is 3.74. The standard InChI is InChI=1S/C20H20FN3O3/c1-26-20(25)15-3-2-13(24-10-8-22-9-11-24)12-18(15)27-17-5-4-16-14(19(17)21)6-7-23-16/h2-7,12,22-23H,8-11H2,1H3. The van der Waals surface area contributed by atoms with Crippen LogP contribution in [0, 0.1) is 5.82 Å². The fourth-order valence-corrected chi connectivity index (χ4v) is 3.27. The molecule has 1 fully saturated rings. The van der Waals surface area contributed by atoms with Crippen LogP contribution in [0.2, 0.25) is 0 Å². The number of carbonyl (C=O) groups is 1. The first-order chi connectivity index (χ1) is 13.2. The minimum atomic E-state index is -0.528. The predicted molar refractivity (Wildman–Crippen MR) is 101 cm³/mol. The van der Waals surface area contributed by atoms with Gasteiger partial charge >= 0.3 is 5.97 Å². The maximum atomic E-state index is 14.8. The molecule has 7 heteroatoms. The SMILES string of the molecule is COC(=O)c1ccc(N2CCNCC2)cc1Oc1ccc2[nH]ccc2c1F. The van der Waals surface area contributed by atoms with E-state index in [-0.39, 0.29) is 17.1 Å². The maximum Gasteiger partial charge on any atom is 0.341 e. The summed E-state index contributed by atoms with van der Waals surface area (Å²) >= 11 is 0. The molecule has 1 saturated heterocycles. The number of methoxy groups -OCH3 is 1. The summed E-state index contributed by atoms with van der Waals surface area (Å²) in [5.41, 5.74) is 1.86. The summed E-state index contributed by atoms with van der Waals surface area (Å²) in [7, 11) is 1.31. The lowest BCUT2D eigenvalue weighted by Gasteiger charge is -2.30. The van der Waals surface area contributed by atoms with E-state index in [4.69, 9.17) is 9.47 Å². The summed E-state index contributed by atoms with van der Waals surface area (Å²) in [6, 6.07) is 10.2. The van der Waals surface area contributed by atoms with Gasteiger partial charge in [-0.3, -0.25) is 0 Å². The molecule has 1 aliphatic heterocycles. The van der Waals surface area contributed by atoms with Crippen molar-refractivity contribution in [1.29, 1.82) is 0 Å². The first kappa shape index (κ1) is 17.4. The second-order valence-electron chi connectivity index (χ2n) is 6.33. The lowest BCUT2D eigenvalue weighted by molar-refractivity contribution is 0.0598. The molecule has 1 aromatic heterocycles. The van der Waals surface area contributed by atoms with E-state index in [0.717, 1.165) is 31.9 Å². The fraction of sp³-hybridized carbons (Fsp3) is 0.250. The van der Waals surface area contributed by atoms with Crippen LogP contribution in [0.3, 0.4) is 0 Å². The van der Waals surface area contributed by atoms with Gasteiger partial charge in [-0.05, 0) is 30.3 Å². The van der Waals surface area contributed by atoms with Gasteiger partial charge in [-0.1, -0.05) is 0 Å². The number of esters is 1. The average Bonchev–Trinajstić information content (AvgIpc) is 3.20. The van der Waals surface area contributed by atoms with Crippen molar-refractivity contribution in [2.24, 2.45) is 0 Å². The normalized spacial score (nSPS) is 14.4. The van der Waals surface area contributed by atoms with Crippen LogP contribution in [0.4, 0.5) is 10.1 Å². The van der Waals surface area contributed by atoms with E-state index in [9.17, 15) is 9.18 Å².